The number of aromatic amines is 1. The number of hydrogen-bond acceptors (Lipinski definition) is 3. The average Bonchev–Trinajstić information content (AvgIpc) is 2.74. The zero-order valence-corrected chi connectivity index (χ0v) is 17.0. The van der Waals surface area contributed by atoms with Crippen LogP contribution in [-0.4, -0.2) is 10.1 Å². The molecule has 0 spiro atoms. The predicted octanol–water partition coefficient (Wildman–Crippen LogP) is 5.39. The van der Waals surface area contributed by atoms with Crippen molar-refractivity contribution in [2.45, 2.75) is 32.7 Å². The number of nitrogens with zero attached hydrogens (tertiary/aromatic N) is 1. The summed E-state index contributed by atoms with van der Waals surface area (Å²) < 4.78 is 0. The van der Waals surface area contributed by atoms with Crippen LogP contribution >= 0.6 is 0 Å². The summed E-state index contributed by atoms with van der Waals surface area (Å²) in [6, 6.07) is 22.2. The second kappa shape index (κ2) is 7.92. The highest BCUT2D eigenvalue weighted by Gasteiger charge is 2.24. The van der Waals surface area contributed by atoms with E-state index in [1.807, 2.05) is 55.6 Å². The summed E-state index contributed by atoms with van der Waals surface area (Å²) >= 11 is 0. The Morgan fingerprint density at radius 3 is 2.31 bits per heavy atom. The summed E-state index contributed by atoms with van der Waals surface area (Å²) in [5, 5.41) is 15.6. The van der Waals surface area contributed by atoms with E-state index in [9.17, 15) is 5.11 Å². The number of aromatic hydroxyl groups is 1. The molecule has 0 amide bonds. The molecule has 0 saturated carbocycles. The number of pyridine rings is 2. The van der Waals surface area contributed by atoms with E-state index in [2.05, 4.69) is 53.4 Å². The monoisotopic (exact) mass is 384 g/mol. The molecule has 0 fully saturated rings. The van der Waals surface area contributed by atoms with Crippen LogP contribution in [-0.2, 0) is 0 Å². The molecular formula is C25H26N3O+. The number of phenolic OH excluding ortho intramolecular Hbond substituents is 1. The molecule has 146 valence electrons. The molecule has 29 heavy (non-hydrogen) atoms. The van der Waals surface area contributed by atoms with Crippen LogP contribution in [0.2, 0.25) is 0 Å². The quantitative estimate of drug-likeness (QED) is 0.485. The Balaban J connectivity index is 1.83. The normalized spacial score (nSPS) is 12.3. The van der Waals surface area contributed by atoms with Gasteiger partial charge in [0.25, 0.3) is 5.82 Å². The van der Waals surface area contributed by atoms with Crippen LogP contribution in [0, 0.1) is 6.92 Å². The maximum atomic E-state index is 11.1. The molecule has 2 aromatic carbocycles. The fourth-order valence-corrected chi connectivity index (χ4v) is 3.57. The lowest BCUT2D eigenvalue weighted by atomic mass is 9.93. The SMILES string of the molecule is Cc1ccc2ccc([C@H](Nc3cccc[nH+]3)c3ccc(C(C)C)cc3)c(O)c2n1. The van der Waals surface area contributed by atoms with Gasteiger partial charge in [-0.25, -0.2) is 9.97 Å². The number of aryl methyl sites for hydroxylation is 1. The minimum Gasteiger partial charge on any atom is -0.505 e. The van der Waals surface area contributed by atoms with E-state index in [-0.39, 0.29) is 11.8 Å². The molecular weight excluding hydrogens is 358 g/mol. The maximum Gasteiger partial charge on any atom is 0.272 e. The third-order valence-electron chi connectivity index (χ3n) is 5.26. The van der Waals surface area contributed by atoms with Crippen LogP contribution < -0.4 is 10.3 Å². The lowest BCUT2D eigenvalue weighted by molar-refractivity contribution is -0.361. The van der Waals surface area contributed by atoms with Gasteiger partial charge in [0.15, 0.2) is 0 Å². The number of rotatable bonds is 5. The molecule has 0 aliphatic carbocycles. The van der Waals surface area contributed by atoms with E-state index in [1.54, 1.807) is 0 Å². The van der Waals surface area contributed by atoms with E-state index < -0.39 is 0 Å². The summed E-state index contributed by atoms with van der Waals surface area (Å²) in [6.45, 7) is 6.31. The number of phenols is 1. The topological polar surface area (TPSA) is 59.3 Å². The molecule has 0 unspecified atom stereocenters. The van der Waals surface area contributed by atoms with Crippen molar-refractivity contribution in [1.29, 1.82) is 0 Å². The molecule has 0 radical (unpaired) electrons. The van der Waals surface area contributed by atoms with Gasteiger partial charge in [-0.05, 0) is 36.6 Å². The van der Waals surface area contributed by atoms with Crippen molar-refractivity contribution in [2.75, 3.05) is 5.32 Å². The van der Waals surface area contributed by atoms with Crippen LogP contribution in [0.1, 0.15) is 48.2 Å². The Kier molecular flexibility index (Phi) is 5.17. The van der Waals surface area contributed by atoms with Gasteiger partial charge in [0.2, 0.25) is 0 Å². The first-order valence-corrected chi connectivity index (χ1v) is 9.95. The first kappa shape index (κ1) is 18.9. The van der Waals surface area contributed by atoms with Gasteiger partial charge in [-0.1, -0.05) is 56.3 Å². The second-order valence-electron chi connectivity index (χ2n) is 7.70. The summed E-state index contributed by atoms with van der Waals surface area (Å²) in [6.07, 6.45) is 1.88. The summed E-state index contributed by atoms with van der Waals surface area (Å²) in [4.78, 5) is 7.80. The van der Waals surface area contributed by atoms with Gasteiger partial charge < -0.3 is 5.11 Å². The van der Waals surface area contributed by atoms with Gasteiger partial charge in [0.1, 0.15) is 17.3 Å². The number of fused-ring (bicyclic) bond motifs is 1. The fraction of sp³-hybridized carbons (Fsp3) is 0.200. The third kappa shape index (κ3) is 3.92. The zero-order valence-electron chi connectivity index (χ0n) is 17.0. The molecule has 4 aromatic rings. The van der Waals surface area contributed by atoms with E-state index in [0.717, 1.165) is 28.0 Å². The van der Waals surface area contributed by atoms with Crippen molar-refractivity contribution in [3.05, 3.63) is 95.3 Å². The number of aromatic nitrogens is 2. The van der Waals surface area contributed by atoms with E-state index >= 15 is 0 Å². The standard InChI is InChI=1S/C25H25N3O/c1-16(2)18-9-11-19(12-10-18)23(28-22-6-4-5-15-26-22)21-14-13-20-8-7-17(3)27-24(20)25(21)29/h4-16,23,29H,1-3H3,(H,26,28)/p+1/t23-/m1/s1. The smallest absolute Gasteiger partial charge is 0.272 e. The van der Waals surface area contributed by atoms with Crippen molar-refractivity contribution in [3.63, 3.8) is 0 Å². The lowest BCUT2D eigenvalue weighted by Gasteiger charge is -2.18. The van der Waals surface area contributed by atoms with Crippen LogP contribution in [0.4, 0.5) is 5.82 Å². The Morgan fingerprint density at radius 1 is 0.897 bits per heavy atom. The van der Waals surface area contributed by atoms with Crippen LogP contribution in [0.3, 0.4) is 0 Å². The number of anilines is 1. The Bertz CT molecular complexity index is 1120. The molecule has 4 nitrogen and oxygen atoms in total. The first-order chi connectivity index (χ1) is 14.0. The minimum atomic E-state index is -0.221. The van der Waals surface area contributed by atoms with Gasteiger partial charge in [-0.3, -0.25) is 5.32 Å². The summed E-state index contributed by atoms with van der Waals surface area (Å²) in [5.74, 6) is 1.56. The van der Waals surface area contributed by atoms with Gasteiger partial charge in [-0.15, -0.1) is 0 Å². The van der Waals surface area contributed by atoms with Gasteiger partial charge in [-0.2, -0.15) is 0 Å². The average molecular weight is 385 g/mol. The highest BCUT2D eigenvalue weighted by molar-refractivity contribution is 5.86. The maximum absolute atomic E-state index is 11.1. The van der Waals surface area contributed by atoms with Crippen molar-refractivity contribution in [3.8, 4) is 5.75 Å². The Hall–Kier alpha value is -3.40. The first-order valence-electron chi connectivity index (χ1n) is 9.95. The predicted molar refractivity (Wildman–Crippen MR) is 117 cm³/mol. The van der Waals surface area contributed by atoms with Gasteiger partial charge >= 0.3 is 0 Å². The molecule has 1 atom stereocenters. The molecule has 4 heteroatoms. The highest BCUT2D eigenvalue weighted by Crippen LogP contribution is 2.36. The minimum absolute atomic E-state index is 0.215. The highest BCUT2D eigenvalue weighted by atomic mass is 16.3. The summed E-state index contributed by atoms with van der Waals surface area (Å²) in [7, 11) is 0. The van der Waals surface area contributed by atoms with Crippen LogP contribution in [0.5, 0.6) is 5.75 Å². The molecule has 0 aliphatic rings. The number of nitrogens with one attached hydrogen (secondary N) is 2. The van der Waals surface area contributed by atoms with E-state index in [0.29, 0.717) is 11.4 Å². The molecule has 2 aromatic heterocycles. The molecule has 4 rings (SSSR count). The summed E-state index contributed by atoms with van der Waals surface area (Å²) in [5.41, 5.74) is 4.68. The second-order valence-corrected chi connectivity index (χ2v) is 7.70. The third-order valence-corrected chi connectivity index (χ3v) is 5.26. The number of H-pyrrole nitrogens is 1. The molecule has 0 aliphatic heterocycles. The Labute approximate surface area is 171 Å². The van der Waals surface area contributed by atoms with Crippen molar-refractivity contribution >= 4 is 16.7 Å². The Morgan fingerprint density at radius 2 is 1.62 bits per heavy atom. The van der Waals surface area contributed by atoms with Gasteiger partial charge in [0.05, 0.1) is 6.20 Å². The van der Waals surface area contributed by atoms with E-state index in [4.69, 9.17) is 0 Å². The molecule has 0 bridgehead atoms. The van der Waals surface area contributed by atoms with E-state index in [1.165, 1.54) is 5.56 Å². The molecule has 0 saturated heterocycles. The van der Waals surface area contributed by atoms with Crippen molar-refractivity contribution < 1.29 is 10.1 Å². The lowest BCUT2D eigenvalue weighted by Crippen LogP contribution is -2.19. The largest absolute Gasteiger partial charge is 0.505 e. The van der Waals surface area contributed by atoms with Crippen LogP contribution in [0.25, 0.3) is 10.9 Å². The number of benzene rings is 2. The van der Waals surface area contributed by atoms with Crippen molar-refractivity contribution in [1.82, 2.24) is 4.98 Å². The zero-order chi connectivity index (χ0) is 20.4. The number of hydrogen-bond donors (Lipinski definition) is 2. The van der Waals surface area contributed by atoms with Crippen molar-refractivity contribution in [2.24, 2.45) is 0 Å². The molecule has 2 heterocycles. The molecule has 3 N–H and O–H groups in total. The van der Waals surface area contributed by atoms with Gasteiger partial charge in [0, 0.05) is 28.3 Å². The fourth-order valence-electron chi connectivity index (χ4n) is 3.57. The van der Waals surface area contributed by atoms with Crippen LogP contribution in [0.15, 0.2) is 72.9 Å².